The minimum atomic E-state index is 0.0912. The van der Waals surface area contributed by atoms with Crippen molar-refractivity contribution in [2.75, 3.05) is 6.54 Å². The van der Waals surface area contributed by atoms with Crippen LogP contribution in [0.25, 0.3) is 0 Å². The van der Waals surface area contributed by atoms with Crippen molar-refractivity contribution in [3.05, 3.63) is 16.1 Å². The molecule has 1 aromatic rings. The van der Waals surface area contributed by atoms with Gasteiger partial charge in [0.15, 0.2) is 0 Å². The average molecular weight is 295 g/mol. The Kier molecular flexibility index (Phi) is 5.54. The molecule has 0 radical (unpaired) electrons. The standard InChI is InChI=1S/C15H25N3OS/c1-11(2)7-8-18(12-5-3-4-6-12)15(19)13-10-20-14(9-16)17-13/h10-12H,3-9,16H2,1-2H3. The monoisotopic (exact) mass is 295 g/mol. The van der Waals surface area contributed by atoms with Crippen LogP contribution in [0.15, 0.2) is 5.38 Å². The van der Waals surface area contributed by atoms with Gasteiger partial charge in [-0.25, -0.2) is 4.98 Å². The summed E-state index contributed by atoms with van der Waals surface area (Å²) in [4.78, 5) is 19.1. The predicted octanol–water partition coefficient (Wildman–Crippen LogP) is 3.03. The van der Waals surface area contributed by atoms with E-state index in [1.165, 1.54) is 24.2 Å². The van der Waals surface area contributed by atoms with Crippen LogP contribution in [-0.2, 0) is 6.54 Å². The molecule has 1 amide bonds. The van der Waals surface area contributed by atoms with Gasteiger partial charge in [-0.05, 0) is 25.2 Å². The normalized spacial score (nSPS) is 16.0. The van der Waals surface area contributed by atoms with Gasteiger partial charge in [-0.3, -0.25) is 4.79 Å². The van der Waals surface area contributed by atoms with Crippen LogP contribution in [0.2, 0.25) is 0 Å². The van der Waals surface area contributed by atoms with E-state index in [1.54, 1.807) is 0 Å². The zero-order valence-corrected chi connectivity index (χ0v) is 13.3. The Morgan fingerprint density at radius 1 is 1.50 bits per heavy atom. The minimum absolute atomic E-state index is 0.0912. The van der Waals surface area contributed by atoms with Gasteiger partial charge in [0.2, 0.25) is 0 Å². The van der Waals surface area contributed by atoms with Gasteiger partial charge < -0.3 is 10.6 Å². The Bertz CT molecular complexity index is 438. The third-order valence-corrected chi connectivity index (χ3v) is 4.79. The molecule has 2 rings (SSSR count). The smallest absolute Gasteiger partial charge is 0.273 e. The Labute approximate surface area is 125 Å². The molecule has 0 saturated heterocycles. The Morgan fingerprint density at radius 2 is 2.20 bits per heavy atom. The molecule has 0 unspecified atom stereocenters. The Balaban J connectivity index is 2.09. The zero-order valence-electron chi connectivity index (χ0n) is 12.5. The van der Waals surface area contributed by atoms with Crippen LogP contribution in [0, 0.1) is 5.92 Å². The third-order valence-electron chi connectivity index (χ3n) is 3.92. The van der Waals surface area contributed by atoms with Gasteiger partial charge >= 0.3 is 0 Å². The fourth-order valence-electron chi connectivity index (χ4n) is 2.71. The second-order valence-electron chi connectivity index (χ2n) is 5.95. The first-order valence-electron chi connectivity index (χ1n) is 7.57. The van der Waals surface area contributed by atoms with Crippen molar-refractivity contribution in [2.45, 2.75) is 58.5 Å². The van der Waals surface area contributed by atoms with Crippen molar-refractivity contribution < 1.29 is 4.79 Å². The second-order valence-corrected chi connectivity index (χ2v) is 6.89. The molecule has 1 saturated carbocycles. The van der Waals surface area contributed by atoms with Crippen LogP contribution in [0.5, 0.6) is 0 Å². The number of thiazole rings is 1. The fraction of sp³-hybridized carbons (Fsp3) is 0.733. The SMILES string of the molecule is CC(C)CCN(C(=O)c1csc(CN)n1)C1CCCC1. The summed E-state index contributed by atoms with van der Waals surface area (Å²) in [5, 5.41) is 2.69. The quantitative estimate of drug-likeness (QED) is 0.877. The summed E-state index contributed by atoms with van der Waals surface area (Å²) in [5.41, 5.74) is 6.16. The van der Waals surface area contributed by atoms with Gasteiger partial charge in [0.05, 0.1) is 0 Å². The third kappa shape index (κ3) is 3.79. The highest BCUT2D eigenvalue weighted by Crippen LogP contribution is 2.26. The number of carbonyl (C=O) groups excluding carboxylic acids is 1. The molecule has 0 bridgehead atoms. The molecule has 1 aliphatic rings. The van der Waals surface area contributed by atoms with Gasteiger partial charge in [-0.2, -0.15) is 0 Å². The Hall–Kier alpha value is -0.940. The van der Waals surface area contributed by atoms with Crippen molar-refractivity contribution in [3.63, 3.8) is 0 Å². The van der Waals surface area contributed by atoms with E-state index in [4.69, 9.17) is 5.73 Å². The van der Waals surface area contributed by atoms with E-state index in [9.17, 15) is 4.79 Å². The van der Waals surface area contributed by atoms with E-state index < -0.39 is 0 Å². The highest BCUT2D eigenvalue weighted by atomic mass is 32.1. The summed E-state index contributed by atoms with van der Waals surface area (Å²) < 4.78 is 0. The number of hydrogen-bond acceptors (Lipinski definition) is 4. The first kappa shape index (κ1) is 15.4. The summed E-state index contributed by atoms with van der Waals surface area (Å²) in [6, 6.07) is 0.407. The molecule has 1 fully saturated rings. The summed E-state index contributed by atoms with van der Waals surface area (Å²) in [6.45, 7) is 5.66. The van der Waals surface area contributed by atoms with Gasteiger partial charge in [-0.15, -0.1) is 11.3 Å². The summed E-state index contributed by atoms with van der Waals surface area (Å²) in [5.74, 6) is 0.704. The first-order valence-corrected chi connectivity index (χ1v) is 8.45. The van der Waals surface area contributed by atoms with Crippen LogP contribution in [0.4, 0.5) is 0 Å². The molecule has 0 atom stereocenters. The molecule has 112 valence electrons. The van der Waals surface area contributed by atoms with Crippen molar-refractivity contribution >= 4 is 17.2 Å². The topological polar surface area (TPSA) is 59.2 Å². The van der Waals surface area contributed by atoms with E-state index >= 15 is 0 Å². The number of carbonyl (C=O) groups is 1. The number of nitrogens with two attached hydrogens (primary N) is 1. The maximum Gasteiger partial charge on any atom is 0.273 e. The number of hydrogen-bond donors (Lipinski definition) is 1. The van der Waals surface area contributed by atoms with Crippen LogP contribution in [0.3, 0.4) is 0 Å². The fourth-order valence-corrected chi connectivity index (χ4v) is 3.36. The molecule has 1 heterocycles. The average Bonchev–Trinajstić information content (AvgIpc) is 3.09. The van der Waals surface area contributed by atoms with Gasteiger partial charge in [0, 0.05) is 24.5 Å². The zero-order chi connectivity index (χ0) is 14.5. The molecule has 0 aliphatic heterocycles. The highest BCUT2D eigenvalue weighted by molar-refractivity contribution is 7.09. The molecule has 0 aromatic carbocycles. The van der Waals surface area contributed by atoms with Crippen molar-refractivity contribution in [3.8, 4) is 0 Å². The van der Waals surface area contributed by atoms with E-state index in [1.807, 2.05) is 5.38 Å². The molecule has 0 spiro atoms. The Morgan fingerprint density at radius 3 is 2.75 bits per heavy atom. The second kappa shape index (κ2) is 7.18. The largest absolute Gasteiger partial charge is 0.334 e. The summed E-state index contributed by atoms with van der Waals surface area (Å²) in [7, 11) is 0. The van der Waals surface area contributed by atoms with Gasteiger partial charge in [0.25, 0.3) is 5.91 Å². The number of nitrogens with zero attached hydrogens (tertiary/aromatic N) is 2. The lowest BCUT2D eigenvalue weighted by atomic mass is 10.1. The molecule has 4 nitrogen and oxygen atoms in total. The van der Waals surface area contributed by atoms with E-state index in [0.29, 0.717) is 24.2 Å². The molecular weight excluding hydrogens is 270 g/mol. The van der Waals surface area contributed by atoms with Crippen molar-refractivity contribution in [2.24, 2.45) is 11.7 Å². The van der Waals surface area contributed by atoms with E-state index in [-0.39, 0.29) is 5.91 Å². The molecular formula is C15H25N3OS. The van der Waals surface area contributed by atoms with Crippen LogP contribution in [-0.4, -0.2) is 28.4 Å². The minimum Gasteiger partial charge on any atom is -0.334 e. The maximum absolute atomic E-state index is 12.7. The van der Waals surface area contributed by atoms with E-state index in [0.717, 1.165) is 30.8 Å². The van der Waals surface area contributed by atoms with Crippen LogP contribution >= 0.6 is 11.3 Å². The van der Waals surface area contributed by atoms with Gasteiger partial charge in [0.1, 0.15) is 10.7 Å². The highest BCUT2D eigenvalue weighted by Gasteiger charge is 2.28. The van der Waals surface area contributed by atoms with Crippen molar-refractivity contribution in [1.82, 2.24) is 9.88 Å². The number of rotatable bonds is 6. The summed E-state index contributed by atoms with van der Waals surface area (Å²) in [6.07, 6.45) is 5.80. The predicted molar refractivity (Wildman–Crippen MR) is 82.8 cm³/mol. The van der Waals surface area contributed by atoms with Crippen LogP contribution in [0.1, 0.15) is 61.4 Å². The maximum atomic E-state index is 12.7. The molecule has 1 aromatic heterocycles. The lowest BCUT2D eigenvalue weighted by Crippen LogP contribution is -2.40. The summed E-state index contributed by atoms with van der Waals surface area (Å²) >= 11 is 1.48. The van der Waals surface area contributed by atoms with E-state index in [2.05, 4.69) is 23.7 Å². The number of aromatic nitrogens is 1. The van der Waals surface area contributed by atoms with Gasteiger partial charge in [-0.1, -0.05) is 26.7 Å². The lowest BCUT2D eigenvalue weighted by Gasteiger charge is -2.29. The molecule has 2 N–H and O–H groups in total. The van der Waals surface area contributed by atoms with Crippen molar-refractivity contribution in [1.29, 1.82) is 0 Å². The lowest BCUT2D eigenvalue weighted by molar-refractivity contribution is 0.0666. The first-order chi connectivity index (χ1) is 9.61. The molecule has 20 heavy (non-hydrogen) atoms. The van der Waals surface area contributed by atoms with Crippen LogP contribution < -0.4 is 5.73 Å². The molecule has 5 heteroatoms. The number of amides is 1. The molecule has 1 aliphatic carbocycles.